The minimum atomic E-state index is -0.827. The Morgan fingerprint density at radius 2 is 1.76 bits per heavy atom. The topological polar surface area (TPSA) is 138 Å². The first-order valence-electron chi connectivity index (χ1n) is 8.46. The highest BCUT2D eigenvalue weighted by Gasteiger charge is 2.36. The Hall–Kier alpha value is -3.94. The van der Waals surface area contributed by atoms with Crippen LogP contribution >= 0.6 is 0 Å². The minimum Gasteiger partial charge on any atom is -0.507 e. The van der Waals surface area contributed by atoms with Crippen molar-refractivity contribution < 1.29 is 39.2 Å². The number of allylic oxidation sites excluding steroid dienone is 1. The highest BCUT2D eigenvalue weighted by Crippen LogP contribution is 2.41. The summed E-state index contributed by atoms with van der Waals surface area (Å²) in [6, 6.07) is 5.18. The molecule has 0 fully saturated rings. The van der Waals surface area contributed by atoms with Gasteiger partial charge in [-0.15, -0.1) is 0 Å². The molecule has 8 heteroatoms. The Morgan fingerprint density at radius 1 is 1.07 bits per heavy atom. The Bertz CT molecular complexity index is 1120. The van der Waals surface area contributed by atoms with Crippen LogP contribution in [-0.4, -0.2) is 45.7 Å². The van der Waals surface area contributed by atoms with Crippen molar-refractivity contribution in [2.75, 3.05) is 7.11 Å². The number of aromatic hydroxyl groups is 2. The van der Waals surface area contributed by atoms with E-state index < -0.39 is 52.6 Å². The summed E-state index contributed by atoms with van der Waals surface area (Å²) < 4.78 is 4.60. The van der Waals surface area contributed by atoms with Crippen LogP contribution in [0.25, 0.3) is 5.76 Å². The number of ketones is 3. The highest BCUT2D eigenvalue weighted by atomic mass is 16.5. The molecule has 2 aromatic rings. The maximum atomic E-state index is 13.0. The van der Waals surface area contributed by atoms with Crippen LogP contribution < -0.4 is 0 Å². The van der Waals surface area contributed by atoms with Crippen LogP contribution in [0.15, 0.2) is 30.3 Å². The standard InChI is InChI=1S/C21H16O8/c1-9(22)6-14(24)16-10(8-15(25)29-2)7-12-18(20(16)27)21(28)17-11(19(12)26)4-3-5-13(17)23/h3-7,23-24,27H,8H2,1-2H3/b14-6-. The molecular formula is C21H16O8. The second kappa shape index (κ2) is 7.23. The van der Waals surface area contributed by atoms with Crippen LogP contribution in [-0.2, 0) is 20.7 Å². The van der Waals surface area contributed by atoms with Crippen LogP contribution in [0.5, 0.6) is 11.5 Å². The van der Waals surface area contributed by atoms with Crippen LogP contribution in [0.1, 0.15) is 49.9 Å². The molecule has 3 N–H and O–H groups in total. The molecule has 3 rings (SSSR count). The first kappa shape index (κ1) is 19.8. The number of esters is 1. The van der Waals surface area contributed by atoms with E-state index in [9.17, 15) is 34.5 Å². The summed E-state index contributed by atoms with van der Waals surface area (Å²) in [7, 11) is 1.14. The van der Waals surface area contributed by atoms with Crippen molar-refractivity contribution >= 4 is 29.1 Å². The van der Waals surface area contributed by atoms with Gasteiger partial charge in [0.2, 0.25) is 5.78 Å². The molecular weight excluding hydrogens is 380 g/mol. The summed E-state index contributed by atoms with van der Waals surface area (Å²) >= 11 is 0. The van der Waals surface area contributed by atoms with Crippen molar-refractivity contribution in [3.63, 3.8) is 0 Å². The Labute approximate surface area is 164 Å². The van der Waals surface area contributed by atoms with Gasteiger partial charge in [-0.25, -0.2) is 0 Å². The Morgan fingerprint density at radius 3 is 2.38 bits per heavy atom. The number of aliphatic hydroxyl groups is 1. The Kier molecular flexibility index (Phi) is 4.94. The molecule has 0 unspecified atom stereocenters. The maximum Gasteiger partial charge on any atom is 0.310 e. The number of methoxy groups -OCH3 is 1. The van der Waals surface area contributed by atoms with Crippen LogP contribution in [0.2, 0.25) is 0 Å². The number of hydrogen-bond donors (Lipinski definition) is 3. The van der Waals surface area contributed by atoms with Crippen molar-refractivity contribution in [1.82, 2.24) is 0 Å². The number of phenolic OH excluding ortho intramolecular Hbond substituents is 2. The number of rotatable bonds is 4. The minimum absolute atomic E-state index is 0.00662. The maximum absolute atomic E-state index is 13.0. The zero-order valence-electron chi connectivity index (χ0n) is 15.5. The van der Waals surface area contributed by atoms with Gasteiger partial charge in [-0.2, -0.15) is 0 Å². The van der Waals surface area contributed by atoms with Gasteiger partial charge in [-0.1, -0.05) is 12.1 Å². The third-order valence-corrected chi connectivity index (χ3v) is 4.53. The van der Waals surface area contributed by atoms with Gasteiger partial charge in [0.25, 0.3) is 0 Å². The van der Waals surface area contributed by atoms with E-state index >= 15 is 0 Å². The third kappa shape index (κ3) is 3.25. The lowest BCUT2D eigenvalue weighted by Gasteiger charge is -2.22. The molecule has 0 atom stereocenters. The molecule has 1 aliphatic rings. The zero-order valence-corrected chi connectivity index (χ0v) is 15.5. The first-order valence-corrected chi connectivity index (χ1v) is 8.46. The van der Waals surface area contributed by atoms with Crippen LogP contribution in [0.4, 0.5) is 0 Å². The van der Waals surface area contributed by atoms with E-state index in [1.54, 1.807) is 0 Å². The molecule has 0 radical (unpaired) electrons. The average Bonchev–Trinajstić information content (AvgIpc) is 2.64. The van der Waals surface area contributed by atoms with E-state index in [0.29, 0.717) is 0 Å². The van der Waals surface area contributed by atoms with Crippen LogP contribution in [0, 0.1) is 0 Å². The predicted molar refractivity (Wildman–Crippen MR) is 100 cm³/mol. The molecule has 0 spiro atoms. The number of benzene rings is 2. The average molecular weight is 396 g/mol. The number of aliphatic hydroxyl groups excluding tert-OH is 1. The molecule has 2 aromatic carbocycles. The molecule has 8 nitrogen and oxygen atoms in total. The van der Waals surface area contributed by atoms with Crippen molar-refractivity contribution in [2.45, 2.75) is 13.3 Å². The molecule has 29 heavy (non-hydrogen) atoms. The Balaban J connectivity index is 2.35. The number of hydrogen-bond acceptors (Lipinski definition) is 8. The van der Waals surface area contributed by atoms with Crippen molar-refractivity contribution in [3.05, 3.63) is 63.7 Å². The van der Waals surface area contributed by atoms with E-state index in [0.717, 1.165) is 20.1 Å². The molecule has 148 valence electrons. The quantitative estimate of drug-likeness (QED) is 0.346. The lowest BCUT2D eigenvalue weighted by molar-refractivity contribution is -0.139. The van der Waals surface area contributed by atoms with E-state index in [2.05, 4.69) is 4.74 Å². The molecule has 0 amide bonds. The smallest absolute Gasteiger partial charge is 0.310 e. The lowest BCUT2D eigenvalue weighted by Crippen LogP contribution is -2.23. The molecule has 0 saturated carbocycles. The molecule has 0 aromatic heterocycles. The van der Waals surface area contributed by atoms with Gasteiger partial charge in [-0.05, 0) is 24.6 Å². The van der Waals surface area contributed by atoms with Gasteiger partial charge in [0.05, 0.1) is 30.2 Å². The molecule has 0 saturated heterocycles. The van der Waals surface area contributed by atoms with Gasteiger partial charge in [0, 0.05) is 17.2 Å². The predicted octanol–water partition coefficient (Wildman–Crippen LogP) is 2.08. The zero-order chi connectivity index (χ0) is 21.5. The first-order chi connectivity index (χ1) is 13.7. The van der Waals surface area contributed by atoms with E-state index in [1.807, 2.05) is 0 Å². The molecule has 0 bridgehead atoms. The number of phenols is 2. The van der Waals surface area contributed by atoms with Gasteiger partial charge in [0.1, 0.15) is 17.3 Å². The van der Waals surface area contributed by atoms with E-state index in [4.69, 9.17) is 0 Å². The van der Waals surface area contributed by atoms with Gasteiger partial charge in [-0.3, -0.25) is 19.2 Å². The van der Waals surface area contributed by atoms with Gasteiger partial charge < -0.3 is 20.1 Å². The summed E-state index contributed by atoms with van der Waals surface area (Å²) in [6.45, 7) is 1.16. The fourth-order valence-electron chi connectivity index (χ4n) is 3.29. The fraction of sp³-hybridized carbons (Fsp3) is 0.143. The number of ether oxygens (including phenoxy) is 1. The summed E-state index contributed by atoms with van der Waals surface area (Å²) in [4.78, 5) is 49.0. The van der Waals surface area contributed by atoms with Crippen LogP contribution in [0.3, 0.4) is 0 Å². The highest BCUT2D eigenvalue weighted by molar-refractivity contribution is 6.30. The van der Waals surface area contributed by atoms with Crippen molar-refractivity contribution in [2.24, 2.45) is 0 Å². The normalized spacial score (nSPS) is 13.0. The summed E-state index contributed by atoms with van der Waals surface area (Å²) in [5.41, 5.74) is -1.30. The SMILES string of the molecule is COC(=O)Cc1cc2c(c(O)c1/C(O)=C/C(C)=O)C(=O)c1c(O)cccc1C2=O. The van der Waals surface area contributed by atoms with E-state index in [1.165, 1.54) is 24.3 Å². The van der Waals surface area contributed by atoms with E-state index in [-0.39, 0.29) is 27.8 Å². The number of carbonyl (C=O) groups excluding carboxylic acids is 4. The molecule has 1 aliphatic carbocycles. The van der Waals surface area contributed by atoms with Gasteiger partial charge in [0.15, 0.2) is 11.6 Å². The van der Waals surface area contributed by atoms with Crippen molar-refractivity contribution in [3.8, 4) is 11.5 Å². The fourth-order valence-corrected chi connectivity index (χ4v) is 3.29. The monoisotopic (exact) mass is 396 g/mol. The second-order valence-corrected chi connectivity index (χ2v) is 6.43. The second-order valence-electron chi connectivity index (χ2n) is 6.43. The number of carbonyl (C=O) groups is 4. The summed E-state index contributed by atoms with van der Waals surface area (Å²) in [6.07, 6.45) is 0.375. The number of fused-ring (bicyclic) bond motifs is 2. The lowest BCUT2D eigenvalue weighted by atomic mass is 9.80. The van der Waals surface area contributed by atoms with Crippen molar-refractivity contribution in [1.29, 1.82) is 0 Å². The summed E-state index contributed by atoms with van der Waals surface area (Å²) in [5.74, 6) is -4.64. The molecule has 0 aliphatic heterocycles. The van der Waals surface area contributed by atoms with Gasteiger partial charge >= 0.3 is 5.97 Å². The molecule has 0 heterocycles. The third-order valence-electron chi connectivity index (χ3n) is 4.53. The largest absolute Gasteiger partial charge is 0.507 e. The summed E-state index contributed by atoms with van der Waals surface area (Å²) in [5, 5.41) is 31.1.